The minimum atomic E-state index is 0.136. The van der Waals surface area contributed by atoms with Crippen molar-refractivity contribution in [2.45, 2.75) is 38.3 Å². The van der Waals surface area contributed by atoms with Gasteiger partial charge in [0, 0.05) is 11.7 Å². The molecule has 0 spiro atoms. The molecular formula is C14H17N. The molecule has 1 aromatic rings. The Bertz CT molecular complexity index is 431. The van der Waals surface area contributed by atoms with Crippen molar-refractivity contribution in [3.05, 3.63) is 42.0 Å². The Balaban J connectivity index is 2.14. The van der Waals surface area contributed by atoms with Gasteiger partial charge in [-0.1, -0.05) is 30.4 Å². The molecule has 1 aromatic carbocycles. The Morgan fingerprint density at radius 3 is 2.80 bits per heavy atom. The lowest BCUT2D eigenvalue weighted by Gasteiger charge is -2.34. The second-order valence-electron chi connectivity index (χ2n) is 5.22. The van der Waals surface area contributed by atoms with Crippen LogP contribution in [0.25, 0.3) is 0 Å². The Morgan fingerprint density at radius 2 is 2.00 bits per heavy atom. The van der Waals surface area contributed by atoms with Gasteiger partial charge in [0.1, 0.15) is 0 Å². The van der Waals surface area contributed by atoms with Gasteiger partial charge < -0.3 is 4.90 Å². The van der Waals surface area contributed by atoms with Crippen molar-refractivity contribution in [1.82, 2.24) is 0 Å². The Hall–Kier alpha value is -1.24. The predicted octanol–water partition coefficient (Wildman–Crippen LogP) is 3.16. The first-order chi connectivity index (χ1) is 7.10. The van der Waals surface area contributed by atoms with Crippen LogP contribution < -0.4 is 4.90 Å². The average Bonchev–Trinajstić information content (AvgIpc) is 2.64. The molecule has 2 heterocycles. The highest BCUT2D eigenvalue weighted by Crippen LogP contribution is 2.47. The van der Waals surface area contributed by atoms with Crippen LogP contribution in [0.2, 0.25) is 0 Å². The molecule has 0 bridgehead atoms. The molecule has 0 radical (unpaired) electrons. The third kappa shape index (κ3) is 1.04. The van der Waals surface area contributed by atoms with E-state index in [4.69, 9.17) is 0 Å². The zero-order valence-electron chi connectivity index (χ0n) is 9.46. The third-order valence-electron chi connectivity index (χ3n) is 4.02. The maximum atomic E-state index is 4.22. The van der Waals surface area contributed by atoms with Crippen molar-refractivity contribution in [3.8, 4) is 0 Å². The predicted molar refractivity (Wildman–Crippen MR) is 64.2 cm³/mol. The number of nitrogens with zero attached hydrogens (tertiary/aromatic N) is 1. The summed E-state index contributed by atoms with van der Waals surface area (Å²) in [7, 11) is 0. The van der Waals surface area contributed by atoms with E-state index >= 15 is 0 Å². The molecule has 3 rings (SSSR count). The molecule has 1 nitrogen and oxygen atoms in total. The fourth-order valence-corrected chi connectivity index (χ4v) is 3.09. The van der Waals surface area contributed by atoms with E-state index in [0.29, 0.717) is 6.04 Å². The Morgan fingerprint density at radius 1 is 1.27 bits per heavy atom. The molecule has 0 saturated carbocycles. The van der Waals surface area contributed by atoms with Crippen molar-refractivity contribution in [3.63, 3.8) is 0 Å². The summed E-state index contributed by atoms with van der Waals surface area (Å²) in [6.45, 7) is 8.80. The van der Waals surface area contributed by atoms with Gasteiger partial charge in [0.2, 0.25) is 0 Å². The summed E-state index contributed by atoms with van der Waals surface area (Å²) in [5.41, 5.74) is 4.44. The van der Waals surface area contributed by atoms with Crippen LogP contribution >= 0.6 is 0 Å². The van der Waals surface area contributed by atoms with Gasteiger partial charge in [-0.05, 0) is 38.3 Å². The van der Waals surface area contributed by atoms with Crippen molar-refractivity contribution in [1.29, 1.82) is 0 Å². The number of para-hydroxylation sites is 1. The number of anilines is 1. The molecule has 2 aliphatic rings. The average molecular weight is 199 g/mol. The molecule has 15 heavy (non-hydrogen) atoms. The molecular weight excluding hydrogens is 182 g/mol. The lowest BCUT2D eigenvalue weighted by atomic mass is 9.94. The van der Waals surface area contributed by atoms with E-state index in [1.165, 1.54) is 23.2 Å². The third-order valence-corrected chi connectivity index (χ3v) is 4.02. The fourth-order valence-electron chi connectivity index (χ4n) is 3.09. The number of hydrogen-bond acceptors (Lipinski definition) is 1. The summed E-state index contributed by atoms with van der Waals surface area (Å²) in [5, 5.41) is 0. The number of benzene rings is 1. The summed E-state index contributed by atoms with van der Waals surface area (Å²) in [4.78, 5) is 2.56. The van der Waals surface area contributed by atoms with Gasteiger partial charge in [0.25, 0.3) is 0 Å². The van der Waals surface area contributed by atoms with Gasteiger partial charge in [0.15, 0.2) is 0 Å². The minimum Gasteiger partial charge on any atom is -0.359 e. The van der Waals surface area contributed by atoms with E-state index in [1.54, 1.807) is 0 Å². The van der Waals surface area contributed by atoms with Crippen LogP contribution in [0.5, 0.6) is 0 Å². The monoisotopic (exact) mass is 199 g/mol. The van der Waals surface area contributed by atoms with Crippen LogP contribution in [0.1, 0.15) is 25.8 Å². The first kappa shape index (κ1) is 9.02. The summed E-state index contributed by atoms with van der Waals surface area (Å²) in [6, 6.07) is 9.44. The highest BCUT2D eigenvalue weighted by atomic mass is 15.3. The van der Waals surface area contributed by atoms with Crippen LogP contribution in [0, 0.1) is 0 Å². The first-order valence-corrected chi connectivity index (χ1v) is 5.66. The summed E-state index contributed by atoms with van der Waals surface area (Å²) in [6.07, 6.45) is 2.35. The molecule has 0 amide bonds. The maximum absolute atomic E-state index is 4.22. The summed E-state index contributed by atoms with van der Waals surface area (Å²) < 4.78 is 0. The molecule has 2 aliphatic heterocycles. The molecule has 0 N–H and O–H groups in total. The van der Waals surface area contributed by atoms with E-state index in [9.17, 15) is 0 Å². The van der Waals surface area contributed by atoms with Crippen molar-refractivity contribution in [2.24, 2.45) is 0 Å². The largest absolute Gasteiger partial charge is 0.359 e. The number of hydrogen-bond donors (Lipinski definition) is 0. The Labute approximate surface area is 91.4 Å². The van der Waals surface area contributed by atoms with Crippen LogP contribution in [-0.2, 0) is 6.42 Å². The molecule has 0 aromatic heterocycles. The Kier molecular flexibility index (Phi) is 1.60. The van der Waals surface area contributed by atoms with Crippen LogP contribution in [0.3, 0.4) is 0 Å². The zero-order valence-corrected chi connectivity index (χ0v) is 9.46. The first-order valence-electron chi connectivity index (χ1n) is 5.66. The van der Waals surface area contributed by atoms with E-state index in [2.05, 4.69) is 49.6 Å². The van der Waals surface area contributed by atoms with E-state index in [0.717, 1.165) is 6.42 Å². The van der Waals surface area contributed by atoms with Gasteiger partial charge in [0.05, 0.1) is 5.54 Å². The van der Waals surface area contributed by atoms with Crippen molar-refractivity contribution < 1.29 is 0 Å². The van der Waals surface area contributed by atoms with Crippen LogP contribution in [0.4, 0.5) is 5.69 Å². The quantitative estimate of drug-likeness (QED) is 0.580. The molecule has 1 heteroatoms. The lowest BCUT2D eigenvalue weighted by molar-refractivity contribution is 0.569. The van der Waals surface area contributed by atoms with Gasteiger partial charge in [-0.15, -0.1) is 0 Å². The zero-order chi connectivity index (χ0) is 10.6. The molecule has 1 saturated heterocycles. The SMILES string of the molecule is C=C1CC2Cc3ccccc3N2C1(C)C. The lowest BCUT2D eigenvalue weighted by Crippen LogP contribution is -2.41. The number of rotatable bonds is 0. The minimum absolute atomic E-state index is 0.136. The highest BCUT2D eigenvalue weighted by Gasteiger charge is 2.46. The standard InChI is InChI=1S/C14H17N/c1-10-8-12-9-11-6-4-5-7-13(11)15(12)14(10,2)3/h4-7,12H,1,8-9H2,2-3H3. The van der Waals surface area contributed by atoms with E-state index < -0.39 is 0 Å². The smallest absolute Gasteiger partial charge is 0.0559 e. The van der Waals surface area contributed by atoms with Gasteiger partial charge in [-0.2, -0.15) is 0 Å². The molecule has 1 fully saturated rings. The van der Waals surface area contributed by atoms with Crippen LogP contribution in [0.15, 0.2) is 36.4 Å². The van der Waals surface area contributed by atoms with Gasteiger partial charge in [-0.3, -0.25) is 0 Å². The second-order valence-corrected chi connectivity index (χ2v) is 5.22. The van der Waals surface area contributed by atoms with Crippen LogP contribution in [-0.4, -0.2) is 11.6 Å². The van der Waals surface area contributed by atoms with Gasteiger partial charge >= 0.3 is 0 Å². The summed E-state index contributed by atoms with van der Waals surface area (Å²) in [5.74, 6) is 0. The number of fused-ring (bicyclic) bond motifs is 3. The van der Waals surface area contributed by atoms with Crippen molar-refractivity contribution >= 4 is 5.69 Å². The normalized spacial score (nSPS) is 26.7. The van der Waals surface area contributed by atoms with Crippen molar-refractivity contribution in [2.75, 3.05) is 4.90 Å². The maximum Gasteiger partial charge on any atom is 0.0559 e. The van der Waals surface area contributed by atoms with E-state index in [-0.39, 0.29) is 5.54 Å². The van der Waals surface area contributed by atoms with Gasteiger partial charge in [-0.25, -0.2) is 0 Å². The second kappa shape index (κ2) is 2.66. The van der Waals surface area contributed by atoms with E-state index in [1.807, 2.05) is 0 Å². The molecule has 0 aliphatic carbocycles. The fraction of sp³-hybridized carbons (Fsp3) is 0.429. The summed E-state index contributed by atoms with van der Waals surface area (Å²) >= 11 is 0. The molecule has 1 unspecified atom stereocenters. The molecule has 78 valence electrons. The topological polar surface area (TPSA) is 3.24 Å². The molecule has 1 atom stereocenters. The highest BCUT2D eigenvalue weighted by molar-refractivity contribution is 5.65.